The Bertz CT molecular complexity index is 586. The van der Waals surface area contributed by atoms with E-state index in [0.717, 1.165) is 18.4 Å². The molecule has 118 valence electrons. The number of hydrogen-bond acceptors (Lipinski definition) is 4. The summed E-state index contributed by atoms with van der Waals surface area (Å²) in [6.45, 7) is 0.575. The predicted octanol–water partition coefficient (Wildman–Crippen LogP) is 1.92. The summed E-state index contributed by atoms with van der Waals surface area (Å²) in [4.78, 5) is 23.6. The molecule has 1 heterocycles. The number of benzene rings is 1. The van der Waals surface area contributed by atoms with Gasteiger partial charge in [-0.2, -0.15) is 0 Å². The summed E-state index contributed by atoms with van der Waals surface area (Å²) in [5.41, 5.74) is 0.903. The van der Waals surface area contributed by atoms with Gasteiger partial charge in [0.1, 0.15) is 0 Å². The van der Waals surface area contributed by atoms with Crippen molar-refractivity contribution in [2.75, 3.05) is 6.79 Å². The fourth-order valence-corrected chi connectivity index (χ4v) is 3.11. The van der Waals surface area contributed by atoms with Crippen LogP contribution in [0.2, 0.25) is 0 Å². The van der Waals surface area contributed by atoms with Crippen molar-refractivity contribution in [3.8, 4) is 11.5 Å². The minimum Gasteiger partial charge on any atom is -0.481 e. The Labute approximate surface area is 128 Å². The van der Waals surface area contributed by atoms with Crippen molar-refractivity contribution in [3.05, 3.63) is 23.8 Å². The number of carboxylic acids is 1. The van der Waals surface area contributed by atoms with Gasteiger partial charge in [0.25, 0.3) is 0 Å². The second-order valence-corrected chi connectivity index (χ2v) is 5.74. The van der Waals surface area contributed by atoms with Crippen molar-refractivity contribution < 1.29 is 24.2 Å². The molecule has 0 spiro atoms. The molecular formula is C16H19NO5. The average Bonchev–Trinajstić information content (AvgIpc) is 3.00. The lowest BCUT2D eigenvalue weighted by Gasteiger charge is -2.27. The van der Waals surface area contributed by atoms with E-state index in [9.17, 15) is 14.7 Å². The SMILES string of the molecule is O=C(NCc1ccc2c(c1)OCO2)[C@H]1CCCC[C@H]1C(=O)O. The van der Waals surface area contributed by atoms with Crippen LogP contribution in [0.3, 0.4) is 0 Å². The van der Waals surface area contributed by atoms with Gasteiger partial charge in [0.05, 0.1) is 11.8 Å². The molecule has 1 fully saturated rings. The van der Waals surface area contributed by atoms with E-state index >= 15 is 0 Å². The van der Waals surface area contributed by atoms with Gasteiger partial charge in [-0.1, -0.05) is 18.9 Å². The van der Waals surface area contributed by atoms with Crippen LogP contribution >= 0.6 is 0 Å². The number of fused-ring (bicyclic) bond motifs is 1. The molecule has 1 aromatic rings. The highest BCUT2D eigenvalue weighted by Gasteiger charge is 2.35. The first-order valence-corrected chi connectivity index (χ1v) is 7.54. The monoisotopic (exact) mass is 305 g/mol. The van der Waals surface area contributed by atoms with Crippen LogP contribution in [0, 0.1) is 11.8 Å². The third-order valence-corrected chi connectivity index (χ3v) is 4.32. The Balaban J connectivity index is 1.60. The van der Waals surface area contributed by atoms with E-state index in [1.165, 1.54) is 0 Å². The number of carbonyl (C=O) groups is 2. The number of aliphatic carboxylic acids is 1. The van der Waals surface area contributed by atoms with E-state index < -0.39 is 17.8 Å². The van der Waals surface area contributed by atoms with Crippen molar-refractivity contribution in [2.45, 2.75) is 32.2 Å². The standard InChI is InChI=1S/C16H19NO5/c18-15(11-3-1-2-4-12(11)16(19)20)17-8-10-5-6-13-14(7-10)22-9-21-13/h5-7,11-12H,1-4,8-9H2,(H,17,18)(H,19,20)/t11-,12+/m0/s1. The smallest absolute Gasteiger partial charge is 0.307 e. The molecule has 2 atom stereocenters. The summed E-state index contributed by atoms with van der Waals surface area (Å²) in [6, 6.07) is 5.51. The Morgan fingerprint density at radius 3 is 2.64 bits per heavy atom. The zero-order valence-corrected chi connectivity index (χ0v) is 12.2. The molecule has 1 amide bonds. The normalized spacial score (nSPS) is 23.1. The molecule has 0 aromatic heterocycles. The van der Waals surface area contributed by atoms with Crippen molar-refractivity contribution in [2.24, 2.45) is 11.8 Å². The highest BCUT2D eigenvalue weighted by molar-refractivity contribution is 5.84. The fourth-order valence-electron chi connectivity index (χ4n) is 3.11. The number of hydrogen-bond donors (Lipinski definition) is 2. The second kappa shape index (κ2) is 6.25. The van der Waals surface area contributed by atoms with Gasteiger partial charge >= 0.3 is 5.97 Å². The van der Waals surface area contributed by atoms with Crippen LogP contribution in [-0.2, 0) is 16.1 Å². The lowest BCUT2D eigenvalue weighted by molar-refractivity contribution is -0.148. The van der Waals surface area contributed by atoms with E-state index in [1.54, 1.807) is 0 Å². The lowest BCUT2D eigenvalue weighted by atomic mass is 9.78. The zero-order valence-electron chi connectivity index (χ0n) is 12.2. The van der Waals surface area contributed by atoms with Gasteiger partial charge in [0.15, 0.2) is 11.5 Å². The molecule has 1 aliphatic carbocycles. The third-order valence-electron chi connectivity index (χ3n) is 4.32. The number of rotatable bonds is 4. The van der Waals surface area contributed by atoms with E-state index in [1.807, 2.05) is 18.2 Å². The molecule has 2 aliphatic rings. The van der Waals surface area contributed by atoms with Crippen LogP contribution in [0.15, 0.2) is 18.2 Å². The average molecular weight is 305 g/mol. The minimum absolute atomic E-state index is 0.176. The molecule has 0 saturated heterocycles. The number of carboxylic acid groups (broad SMARTS) is 1. The molecule has 6 heteroatoms. The number of amides is 1. The van der Waals surface area contributed by atoms with Crippen LogP contribution in [0.5, 0.6) is 11.5 Å². The summed E-state index contributed by atoms with van der Waals surface area (Å²) in [6.07, 6.45) is 3.01. The summed E-state index contributed by atoms with van der Waals surface area (Å²) in [5, 5.41) is 12.1. The summed E-state index contributed by atoms with van der Waals surface area (Å²) in [5.74, 6) is -0.667. The topological polar surface area (TPSA) is 84.9 Å². The first-order chi connectivity index (χ1) is 10.6. The Kier molecular flexibility index (Phi) is 4.18. The van der Waals surface area contributed by atoms with E-state index in [0.29, 0.717) is 30.9 Å². The molecule has 22 heavy (non-hydrogen) atoms. The van der Waals surface area contributed by atoms with Crippen LogP contribution in [0.1, 0.15) is 31.2 Å². The Morgan fingerprint density at radius 2 is 1.86 bits per heavy atom. The number of nitrogens with one attached hydrogen (secondary N) is 1. The van der Waals surface area contributed by atoms with Crippen molar-refractivity contribution in [1.29, 1.82) is 0 Å². The molecule has 1 aromatic carbocycles. The summed E-state index contributed by atoms with van der Waals surface area (Å²) in [7, 11) is 0. The molecular weight excluding hydrogens is 286 g/mol. The zero-order chi connectivity index (χ0) is 15.5. The Hall–Kier alpha value is -2.24. The second-order valence-electron chi connectivity index (χ2n) is 5.74. The maximum Gasteiger partial charge on any atom is 0.307 e. The first-order valence-electron chi connectivity index (χ1n) is 7.54. The number of ether oxygens (including phenoxy) is 2. The van der Waals surface area contributed by atoms with Crippen molar-refractivity contribution in [1.82, 2.24) is 5.32 Å². The maximum absolute atomic E-state index is 12.3. The van der Waals surface area contributed by atoms with Gasteiger partial charge in [-0.3, -0.25) is 9.59 Å². The number of carbonyl (C=O) groups excluding carboxylic acids is 1. The van der Waals surface area contributed by atoms with Gasteiger partial charge in [0, 0.05) is 6.54 Å². The van der Waals surface area contributed by atoms with E-state index in [4.69, 9.17) is 9.47 Å². The predicted molar refractivity (Wildman–Crippen MR) is 77.5 cm³/mol. The highest BCUT2D eigenvalue weighted by Crippen LogP contribution is 2.33. The highest BCUT2D eigenvalue weighted by atomic mass is 16.7. The molecule has 1 aliphatic heterocycles. The van der Waals surface area contributed by atoms with Crippen LogP contribution < -0.4 is 14.8 Å². The fraction of sp³-hybridized carbons (Fsp3) is 0.500. The van der Waals surface area contributed by atoms with Crippen LogP contribution in [-0.4, -0.2) is 23.8 Å². The molecule has 0 radical (unpaired) electrons. The molecule has 2 N–H and O–H groups in total. The maximum atomic E-state index is 12.3. The van der Waals surface area contributed by atoms with Crippen LogP contribution in [0.4, 0.5) is 0 Å². The van der Waals surface area contributed by atoms with Gasteiger partial charge in [-0.25, -0.2) is 0 Å². The van der Waals surface area contributed by atoms with Gasteiger partial charge in [0.2, 0.25) is 12.7 Å². The molecule has 6 nitrogen and oxygen atoms in total. The Morgan fingerprint density at radius 1 is 1.14 bits per heavy atom. The van der Waals surface area contributed by atoms with Crippen molar-refractivity contribution >= 4 is 11.9 Å². The van der Waals surface area contributed by atoms with Gasteiger partial charge in [-0.15, -0.1) is 0 Å². The molecule has 3 rings (SSSR count). The third kappa shape index (κ3) is 3.00. The van der Waals surface area contributed by atoms with Crippen molar-refractivity contribution in [3.63, 3.8) is 0 Å². The lowest BCUT2D eigenvalue weighted by Crippen LogP contribution is -2.39. The molecule has 0 bridgehead atoms. The van der Waals surface area contributed by atoms with Gasteiger partial charge in [-0.05, 0) is 30.5 Å². The van der Waals surface area contributed by atoms with E-state index in [2.05, 4.69) is 5.32 Å². The molecule has 1 saturated carbocycles. The summed E-state index contributed by atoms with van der Waals surface area (Å²) < 4.78 is 10.5. The van der Waals surface area contributed by atoms with Crippen LogP contribution in [0.25, 0.3) is 0 Å². The first kappa shape index (κ1) is 14.7. The largest absolute Gasteiger partial charge is 0.481 e. The quantitative estimate of drug-likeness (QED) is 0.887. The summed E-state index contributed by atoms with van der Waals surface area (Å²) >= 11 is 0. The minimum atomic E-state index is -0.872. The van der Waals surface area contributed by atoms with E-state index in [-0.39, 0.29) is 12.7 Å². The molecule has 0 unspecified atom stereocenters. The van der Waals surface area contributed by atoms with Gasteiger partial charge < -0.3 is 19.9 Å².